The minimum Gasteiger partial charge on any atom is -0.350 e. The van der Waals surface area contributed by atoms with E-state index in [-0.39, 0.29) is 22.8 Å². The summed E-state index contributed by atoms with van der Waals surface area (Å²) in [4.78, 5) is 23.6. The van der Waals surface area contributed by atoms with Crippen LogP contribution in [0.4, 0.5) is 5.69 Å². The number of amides is 2. The van der Waals surface area contributed by atoms with E-state index in [1.54, 1.807) is 22.5 Å². The Labute approximate surface area is 172 Å². The number of hydrogen-bond acceptors (Lipinski definition) is 4. The van der Waals surface area contributed by atoms with Crippen LogP contribution >= 0.6 is 0 Å². The van der Waals surface area contributed by atoms with Crippen molar-refractivity contribution in [1.29, 1.82) is 0 Å². The summed E-state index contributed by atoms with van der Waals surface area (Å²) < 4.78 is 29.0. The number of carbonyl (C=O) groups is 2. The molecule has 0 saturated carbocycles. The van der Waals surface area contributed by atoms with Gasteiger partial charge in [0.1, 0.15) is 0 Å². The fraction of sp³-hybridized carbons (Fsp3) is 0.524. The summed E-state index contributed by atoms with van der Waals surface area (Å²) in [6.45, 7) is 11.0. The summed E-state index contributed by atoms with van der Waals surface area (Å²) in [5, 5.41) is 5.70. The lowest BCUT2D eigenvalue weighted by Crippen LogP contribution is -2.65. The number of nitrogens with one attached hydrogen (secondary N) is 2. The van der Waals surface area contributed by atoms with Crippen LogP contribution in [0.1, 0.15) is 52.5 Å². The van der Waals surface area contributed by atoms with Gasteiger partial charge in [-0.15, -0.1) is 0 Å². The zero-order chi connectivity index (χ0) is 21.6. The first-order valence-corrected chi connectivity index (χ1v) is 11.2. The van der Waals surface area contributed by atoms with E-state index in [9.17, 15) is 18.0 Å². The van der Waals surface area contributed by atoms with Gasteiger partial charge in [-0.3, -0.25) is 9.59 Å². The molecule has 0 aromatic heterocycles. The third-order valence-electron chi connectivity index (χ3n) is 5.63. The number of aryl methyl sites for hydroxylation is 1. The number of sulfonamides is 1. The molecular formula is C21H29N3O4S. The van der Waals surface area contributed by atoms with E-state index >= 15 is 0 Å². The quantitative estimate of drug-likeness (QED) is 0.733. The van der Waals surface area contributed by atoms with Gasteiger partial charge in [0, 0.05) is 29.2 Å². The van der Waals surface area contributed by atoms with Crippen LogP contribution in [0, 0.1) is 0 Å². The molecule has 1 saturated heterocycles. The Balaban J connectivity index is 1.96. The monoisotopic (exact) mass is 419 g/mol. The van der Waals surface area contributed by atoms with Gasteiger partial charge in [-0.1, -0.05) is 6.58 Å². The van der Waals surface area contributed by atoms with Crippen molar-refractivity contribution in [3.05, 3.63) is 36.4 Å². The highest BCUT2D eigenvalue weighted by molar-refractivity contribution is 7.89. The lowest BCUT2D eigenvalue weighted by molar-refractivity contribution is -0.118. The highest BCUT2D eigenvalue weighted by atomic mass is 32.2. The summed E-state index contributed by atoms with van der Waals surface area (Å²) in [5.74, 6) is -0.311. The Morgan fingerprint density at radius 3 is 2.41 bits per heavy atom. The summed E-state index contributed by atoms with van der Waals surface area (Å²) in [6.07, 6.45) is 3.09. The minimum atomic E-state index is -3.79. The minimum absolute atomic E-state index is 0.0565. The normalized spacial score (nSPS) is 21.7. The number of piperidine rings is 1. The van der Waals surface area contributed by atoms with Crippen molar-refractivity contribution in [3.63, 3.8) is 0 Å². The van der Waals surface area contributed by atoms with Gasteiger partial charge in [0.15, 0.2) is 0 Å². The average Bonchev–Trinajstić information content (AvgIpc) is 2.58. The fourth-order valence-corrected chi connectivity index (χ4v) is 7.09. The van der Waals surface area contributed by atoms with Gasteiger partial charge in [0.05, 0.1) is 4.90 Å². The second-order valence-electron chi connectivity index (χ2n) is 9.08. The maximum absolute atomic E-state index is 13.7. The smallest absolute Gasteiger partial charge is 0.244 e. The maximum atomic E-state index is 13.7. The molecule has 8 heteroatoms. The first kappa shape index (κ1) is 21.5. The van der Waals surface area contributed by atoms with Crippen LogP contribution in [0.2, 0.25) is 0 Å². The molecule has 2 aliphatic heterocycles. The van der Waals surface area contributed by atoms with Crippen LogP contribution in [0.5, 0.6) is 0 Å². The van der Waals surface area contributed by atoms with Gasteiger partial charge in [0.2, 0.25) is 21.8 Å². The molecule has 2 N–H and O–H groups in total. The standard InChI is InChI=1S/C21H29N3O4S/c1-6-18(25)22-15-12-20(2,3)24(21(4,5)13-15)29(27,28)16-8-9-17-14(11-16)7-10-19(26)23-17/h6,8-9,11,15H,1,7,10,12-13H2,2-5H3,(H,22,25)(H,23,26). The lowest BCUT2D eigenvalue weighted by Gasteiger charge is -2.53. The average molecular weight is 420 g/mol. The number of benzene rings is 1. The van der Waals surface area contributed by atoms with Crippen molar-refractivity contribution in [2.75, 3.05) is 5.32 Å². The Bertz CT molecular complexity index is 948. The van der Waals surface area contributed by atoms with Crippen LogP contribution in [0.25, 0.3) is 0 Å². The van der Waals surface area contributed by atoms with Gasteiger partial charge >= 0.3 is 0 Å². The number of nitrogens with zero attached hydrogens (tertiary/aromatic N) is 1. The van der Waals surface area contributed by atoms with Crippen LogP contribution in [-0.4, -0.2) is 41.7 Å². The zero-order valence-corrected chi connectivity index (χ0v) is 18.2. The molecule has 0 aliphatic carbocycles. The van der Waals surface area contributed by atoms with Gasteiger partial charge in [0.25, 0.3) is 0 Å². The van der Waals surface area contributed by atoms with E-state index in [4.69, 9.17) is 0 Å². The third kappa shape index (κ3) is 4.09. The van der Waals surface area contributed by atoms with Crippen molar-refractivity contribution in [1.82, 2.24) is 9.62 Å². The van der Waals surface area contributed by atoms with E-state index < -0.39 is 21.1 Å². The molecule has 0 bridgehead atoms. The van der Waals surface area contributed by atoms with Crippen LogP contribution < -0.4 is 10.6 Å². The molecule has 0 radical (unpaired) electrons. The van der Waals surface area contributed by atoms with Gasteiger partial charge in [-0.2, -0.15) is 4.31 Å². The lowest BCUT2D eigenvalue weighted by atomic mass is 9.79. The molecule has 7 nitrogen and oxygen atoms in total. The number of carbonyl (C=O) groups excluding carboxylic acids is 2. The van der Waals surface area contributed by atoms with Crippen molar-refractivity contribution < 1.29 is 18.0 Å². The molecule has 1 fully saturated rings. The second-order valence-corrected chi connectivity index (χ2v) is 10.9. The SMILES string of the molecule is C=CC(=O)NC1CC(C)(C)N(S(=O)(=O)c2ccc3c(c2)CCC(=O)N3)C(C)(C)C1. The van der Waals surface area contributed by atoms with Crippen LogP contribution in [0.15, 0.2) is 35.7 Å². The van der Waals surface area contributed by atoms with E-state index in [0.717, 1.165) is 5.56 Å². The number of fused-ring (bicyclic) bond motifs is 1. The highest BCUT2D eigenvalue weighted by Gasteiger charge is 2.52. The molecular weight excluding hydrogens is 390 g/mol. The molecule has 0 unspecified atom stereocenters. The Morgan fingerprint density at radius 2 is 1.83 bits per heavy atom. The van der Waals surface area contributed by atoms with Crippen molar-refractivity contribution in [2.45, 2.75) is 75.4 Å². The molecule has 3 rings (SSSR count). The molecule has 2 aliphatic rings. The number of anilines is 1. The topological polar surface area (TPSA) is 95.6 Å². The molecule has 0 atom stereocenters. The first-order valence-electron chi connectivity index (χ1n) is 9.78. The zero-order valence-electron chi connectivity index (χ0n) is 17.4. The Kier molecular flexibility index (Phi) is 5.38. The number of hydrogen-bond donors (Lipinski definition) is 2. The highest BCUT2D eigenvalue weighted by Crippen LogP contribution is 2.43. The molecule has 1 aromatic rings. The van der Waals surface area contributed by atoms with Gasteiger partial charge in [-0.25, -0.2) is 8.42 Å². The maximum Gasteiger partial charge on any atom is 0.244 e. The molecule has 0 spiro atoms. The third-order valence-corrected chi connectivity index (χ3v) is 7.95. The summed E-state index contributed by atoms with van der Waals surface area (Å²) in [6, 6.07) is 4.74. The molecule has 2 amide bonds. The molecule has 2 heterocycles. The summed E-state index contributed by atoms with van der Waals surface area (Å²) in [7, 11) is -3.79. The predicted octanol–water partition coefficient (Wildman–Crippen LogP) is 2.58. The summed E-state index contributed by atoms with van der Waals surface area (Å²) >= 11 is 0. The van der Waals surface area contributed by atoms with E-state index in [0.29, 0.717) is 31.4 Å². The van der Waals surface area contributed by atoms with Crippen molar-refractivity contribution in [3.8, 4) is 0 Å². The van der Waals surface area contributed by atoms with E-state index in [2.05, 4.69) is 17.2 Å². The van der Waals surface area contributed by atoms with Crippen LogP contribution in [0.3, 0.4) is 0 Å². The molecule has 29 heavy (non-hydrogen) atoms. The second kappa shape index (κ2) is 7.25. The Morgan fingerprint density at radius 1 is 1.21 bits per heavy atom. The predicted molar refractivity (Wildman–Crippen MR) is 112 cm³/mol. The van der Waals surface area contributed by atoms with Crippen molar-refractivity contribution >= 4 is 27.5 Å². The van der Waals surface area contributed by atoms with Gasteiger partial charge < -0.3 is 10.6 Å². The van der Waals surface area contributed by atoms with E-state index in [1.807, 2.05) is 27.7 Å². The fourth-order valence-electron chi connectivity index (χ4n) is 4.90. The van der Waals surface area contributed by atoms with Gasteiger partial charge in [-0.05, 0) is 76.8 Å². The summed E-state index contributed by atoms with van der Waals surface area (Å²) in [5.41, 5.74) is 0.0900. The number of rotatable bonds is 4. The first-order chi connectivity index (χ1) is 13.4. The van der Waals surface area contributed by atoms with Crippen molar-refractivity contribution in [2.24, 2.45) is 0 Å². The molecule has 158 valence electrons. The largest absolute Gasteiger partial charge is 0.350 e. The molecule has 1 aromatic carbocycles. The Hall–Kier alpha value is -2.19. The van der Waals surface area contributed by atoms with E-state index in [1.165, 1.54) is 6.08 Å². The van der Waals surface area contributed by atoms with Crippen LogP contribution in [-0.2, 0) is 26.0 Å².